The number of nitrogen functional groups attached to an aromatic ring is 1. The van der Waals surface area contributed by atoms with Crippen LogP contribution >= 0.6 is 0 Å². The number of fused-ring (bicyclic) bond motifs is 6. The summed E-state index contributed by atoms with van der Waals surface area (Å²) < 4.78 is 25.2. The fourth-order valence-electron chi connectivity index (χ4n) is 12.3. The van der Waals surface area contributed by atoms with E-state index in [0.717, 1.165) is 60.9 Å². The van der Waals surface area contributed by atoms with E-state index in [1.807, 2.05) is 42.6 Å². The second-order valence-electron chi connectivity index (χ2n) is 20.3. The van der Waals surface area contributed by atoms with Gasteiger partial charge in [-0.3, -0.25) is 20.1 Å². The summed E-state index contributed by atoms with van der Waals surface area (Å²) in [6.45, 7) is 2.29. The topological polar surface area (TPSA) is 251 Å². The van der Waals surface area contributed by atoms with Crippen LogP contribution in [-0.4, -0.2) is 116 Å². The van der Waals surface area contributed by atoms with E-state index in [0.29, 0.717) is 74.6 Å². The van der Waals surface area contributed by atoms with E-state index in [4.69, 9.17) is 29.7 Å². The first-order valence-corrected chi connectivity index (χ1v) is 25.7. The monoisotopic (exact) mass is 998 g/mol. The highest BCUT2D eigenvalue weighted by molar-refractivity contribution is 5.83. The number of aliphatic hydroxyl groups excluding tert-OH is 1. The molecule has 1 spiro atoms. The lowest BCUT2D eigenvalue weighted by Crippen LogP contribution is -2.79. The lowest BCUT2D eigenvalue weighted by molar-refractivity contribution is -0.160. The van der Waals surface area contributed by atoms with E-state index in [2.05, 4.69) is 48.1 Å². The number of aryl methyl sites for hydroxylation is 2. The fourth-order valence-corrected chi connectivity index (χ4v) is 12.3. The number of aromatic nitrogens is 2. The number of nitrogens with zero attached hydrogens (tertiary/aromatic N) is 5. The molecule has 2 aromatic heterocycles. The number of hydrogen-bond donors (Lipinski definition) is 8. The Hall–Kier alpha value is -6.89. The number of benzene rings is 2. The number of pyridine rings is 2. The molecule has 3 fully saturated rings. The van der Waals surface area contributed by atoms with Gasteiger partial charge >= 0.3 is 5.97 Å². The molecule has 73 heavy (non-hydrogen) atoms. The number of piperidine rings is 1. The molecule has 2 aromatic carbocycles. The van der Waals surface area contributed by atoms with Gasteiger partial charge in [0.1, 0.15) is 30.4 Å². The zero-order valence-electron chi connectivity index (χ0n) is 41.5. The summed E-state index contributed by atoms with van der Waals surface area (Å²) in [6.07, 6.45) is 16.7. The van der Waals surface area contributed by atoms with Gasteiger partial charge in [-0.25, -0.2) is 9.98 Å². The Morgan fingerprint density at radius 1 is 0.986 bits per heavy atom. The van der Waals surface area contributed by atoms with Gasteiger partial charge in [0, 0.05) is 75.7 Å². The highest BCUT2D eigenvalue weighted by atomic mass is 16.6. The number of rotatable bonds is 17. The fraction of sp³-hybridized carbons (Fsp3) is 0.473. The maximum absolute atomic E-state index is 12.3. The molecule has 18 heteroatoms. The van der Waals surface area contributed by atoms with Gasteiger partial charge in [0.05, 0.1) is 41.5 Å². The lowest BCUT2D eigenvalue weighted by Gasteiger charge is -2.64. The van der Waals surface area contributed by atoms with Gasteiger partial charge in [0.15, 0.2) is 29.0 Å². The summed E-state index contributed by atoms with van der Waals surface area (Å²) >= 11 is 0. The molecule has 18 nitrogen and oxygen atoms in total. The van der Waals surface area contributed by atoms with Gasteiger partial charge in [-0.05, 0) is 136 Å². The molecule has 9 atom stereocenters. The van der Waals surface area contributed by atoms with Crippen LogP contribution in [0.1, 0.15) is 99.5 Å². The van der Waals surface area contributed by atoms with Crippen molar-refractivity contribution in [3.63, 3.8) is 0 Å². The third-order valence-corrected chi connectivity index (χ3v) is 15.7. The Kier molecular flexibility index (Phi) is 14.5. The SMILES string of the molecule is CN[C@H](O)[C@]12CCC3C4=CC=NC4=CN3[C@H]1N=C(NCCCc1ccnc(N)c1)N[C@]21CCC[C@H](Oc2cc(CC[C@H]3C[C@@H](OC(C)=O)C[C@@H](c4cc(O)c(O)c(OCCc5cccnc5)c4)O3)ccc2O)C1. The normalized spacial score (nSPS) is 27.4. The van der Waals surface area contributed by atoms with Crippen LogP contribution in [-0.2, 0) is 33.5 Å². The quantitative estimate of drug-likeness (QED) is 0.0261. The van der Waals surface area contributed by atoms with Gasteiger partial charge < -0.3 is 60.6 Å². The van der Waals surface area contributed by atoms with Crippen LogP contribution < -0.4 is 31.2 Å². The average Bonchev–Trinajstić information content (AvgIpc) is 3.99. The predicted octanol–water partition coefficient (Wildman–Crippen LogP) is 6.00. The van der Waals surface area contributed by atoms with Crippen molar-refractivity contribution in [1.82, 2.24) is 30.8 Å². The van der Waals surface area contributed by atoms with E-state index in [1.165, 1.54) is 18.6 Å². The Labute approximate surface area is 425 Å². The molecule has 1 unspecified atom stereocenters. The number of carbonyl (C=O) groups is 1. The maximum Gasteiger partial charge on any atom is 0.302 e. The molecular formula is C55H67N9O9. The zero-order valence-corrected chi connectivity index (χ0v) is 41.5. The average molecular weight is 998 g/mol. The number of hydrogen-bond acceptors (Lipinski definition) is 18. The van der Waals surface area contributed by atoms with E-state index in [1.54, 1.807) is 37.8 Å². The van der Waals surface area contributed by atoms with E-state index < -0.39 is 41.5 Å². The van der Waals surface area contributed by atoms with Gasteiger partial charge in [-0.15, -0.1) is 0 Å². The number of aliphatic hydroxyl groups is 1. The first-order valence-electron chi connectivity index (χ1n) is 25.7. The Morgan fingerprint density at radius 2 is 1.86 bits per heavy atom. The molecule has 0 amide bonds. The minimum Gasteiger partial charge on any atom is -0.504 e. The van der Waals surface area contributed by atoms with Gasteiger partial charge in [-0.1, -0.05) is 12.1 Å². The largest absolute Gasteiger partial charge is 0.504 e. The third-order valence-electron chi connectivity index (χ3n) is 15.7. The molecule has 386 valence electrons. The van der Waals surface area contributed by atoms with Crippen LogP contribution in [0.3, 0.4) is 0 Å². The number of esters is 1. The van der Waals surface area contributed by atoms with Crippen molar-refractivity contribution in [2.24, 2.45) is 15.4 Å². The Morgan fingerprint density at radius 3 is 2.68 bits per heavy atom. The molecule has 10 rings (SSSR count). The summed E-state index contributed by atoms with van der Waals surface area (Å²) in [5, 5.41) is 56.0. The van der Waals surface area contributed by atoms with E-state index >= 15 is 0 Å². The minimum absolute atomic E-state index is 0.0294. The number of aliphatic imine (C=N–C) groups is 2. The number of anilines is 1. The summed E-state index contributed by atoms with van der Waals surface area (Å²) in [5.74, 6) is 0.599. The number of phenolic OH excluding ortho intramolecular Hbond substituents is 3. The van der Waals surface area contributed by atoms with Crippen molar-refractivity contribution in [2.45, 2.75) is 139 Å². The highest BCUT2D eigenvalue weighted by Crippen LogP contribution is 2.58. The van der Waals surface area contributed by atoms with Crippen LogP contribution in [0, 0.1) is 5.41 Å². The first kappa shape index (κ1) is 49.7. The predicted molar refractivity (Wildman–Crippen MR) is 274 cm³/mol. The second kappa shape index (κ2) is 21.3. The van der Waals surface area contributed by atoms with Crippen LogP contribution in [0.5, 0.6) is 28.7 Å². The molecule has 0 bridgehead atoms. The standard InChI is InChI=1S/C55H67N9O9/c1-33(65)71-40-28-38(72-46(29-40)37-26-45(67)50(68)48(27-37)70-23-16-36-7-4-19-58-31-36)11-9-35-10-12-44(66)47(24-35)73-39-8-3-17-54(30-39)55(52(69)57-2)18-13-43-41-15-22-59-42(41)32-64(43)51(55)62-53(63-54)61-20-5-6-34-14-21-60-49(56)25-34/h4,7,10,12,14-15,19,21-22,24-27,31-32,38-40,43,46,51-52,57,66-69H,3,5-6,8-9,11,13,16-18,20,23,28-30H2,1-2H3,(H2,56,60)(H2,61,62,63)/t38-,39-,40+,43?,46-,51+,52+,54-,55-/m0/s1. The number of guanidine groups is 1. The van der Waals surface area contributed by atoms with Crippen LogP contribution in [0.25, 0.3) is 0 Å². The van der Waals surface area contributed by atoms with Gasteiger partial charge in [-0.2, -0.15) is 0 Å². The van der Waals surface area contributed by atoms with Crippen LogP contribution in [0.4, 0.5) is 5.82 Å². The van der Waals surface area contributed by atoms with Crippen molar-refractivity contribution >= 4 is 24.0 Å². The smallest absolute Gasteiger partial charge is 0.302 e. The molecule has 5 aliphatic heterocycles. The zero-order chi connectivity index (χ0) is 50.7. The Bertz CT molecular complexity index is 2770. The van der Waals surface area contributed by atoms with E-state index in [9.17, 15) is 25.2 Å². The molecule has 2 saturated heterocycles. The van der Waals surface area contributed by atoms with Crippen molar-refractivity contribution < 1.29 is 44.2 Å². The van der Waals surface area contributed by atoms with Crippen molar-refractivity contribution in [1.29, 1.82) is 0 Å². The first-order chi connectivity index (χ1) is 35.4. The number of aromatic hydroxyl groups is 3. The summed E-state index contributed by atoms with van der Waals surface area (Å²) in [6, 6.07) is 16.3. The highest BCUT2D eigenvalue weighted by Gasteiger charge is 2.67. The molecule has 7 heterocycles. The molecule has 4 aromatic rings. The summed E-state index contributed by atoms with van der Waals surface area (Å²) in [5.41, 5.74) is 10.2. The van der Waals surface area contributed by atoms with E-state index in [-0.39, 0.29) is 47.9 Å². The number of nitrogens with two attached hydrogens (primary N) is 1. The number of allylic oxidation sites excluding steroid dienone is 1. The second-order valence-corrected chi connectivity index (χ2v) is 20.3. The van der Waals surface area contributed by atoms with Crippen LogP contribution in [0.15, 0.2) is 107 Å². The molecule has 1 aliphatic carbocycles. The number of ether oxygens (including phenoxy) is 4. The number of nitrogens with one attached hydrogen (secondary N) is 3. The lowest BCUT2D eigenvalue weighted by atomic mass is 9.55. The molecule has 0 radical (unpaired) electrons. The van der Waals surface area contributed by atoms with Crippen molar-refractivity contribution in [2.75, 3.05) is 25.9 Å². The van der Waals surface area contributed by atoms with Crippen molar-refractivity contribution in [3.8, 4) is 28.7 Å². The van der Waals surface area contributed by atoms with Crippen molar-refractivity contribution in [3.05, 3.63) is 119 Å². The molecule has 9 N–H and O–H groups in total. The number of phenols is 3. The van der Waals surface area contributed by atoms with Gasteiger partial charge in [0.25, 0.3) is 0 Å². The maximum atomic E-state index is 12.3. The molecular weight excluding hydrogens is 931 g/mol. The Balaban J connectivity index is 0.851. The van der Waals surface area contributed by atoms with Gasteiger partial charge in [0.2, 0.25) is 5.75 Å². The molecule has 1 saturated carbocycles. The molecule has 6 aliphatic rings. The number of carbonyl (C=O) groups excluding carboxylic acids is 1. The third kappa shape index (κ3) is 10.4. The minimum atomic E-state index is -0.916. The van der Waals surface area contributed by atoms with Crippen LogP contribution in [0.2, 0.25) is 0 Å². The summed E-state index contributed by atoms with van der Waals surface area (Å²) in [4.78, 5) is 32.9. The summed E-state index contributed by atoms with van der Waals surface area (Å²) in [7, 11) is 1.80.